The molecule has 0 unspecified atom stereocenters. The highest BCUT2D eigenvalue weighted by Crippen LogP contribution is 2.41. The molecule has 3 aromatic rings. The van der Waals surface area contributed by atoms with E-state index >= 15 is 0 Å². The normalized spacial score (nSPS) is 14.1. The van der Waals surface area contributed by atoms with E-state index in [4.69, 9.17) is 11.1 Å². The highest BCUT2D eigenvalue weighted by atomic mass is 16.2. The molecule has 1 aromatic carbocycles. The minimum atomic E-state index is -0.366. The lowest BCUT2D eigenvalue weighted by molar-refractivity contribution is 0.100. The fourth-order valence-corrected chi connectivity index (χ4v) is 2.76. The van der Waals surface area contributed by atoms with Crippen molar-refractivity contribution in [3.05, 3.63) is 41.9 Å². The summed E-state index contributed by atoms with van der Waals surface area (Å²) < 4.78 is 0. The molecule has 1 saturated carbocycles. The van der Waals surface area contributed by atoms with Gasteiger partial charge in [-0.1, -0.05) is 12.1 Å². The van der Waals surface area contributed by atoms with Crippen LogP contribution < -0.4 is 10.6 Å². The summed E-state index contributed by atoms with van der Waals surface area (Å²) in [5.74, 6) is -0.372. The van der Waals surface area contributed by atoms with E-state index in [1.54, 1.807) is 18.3 Å². The molecule has 5 N–H and O–H groups in total. The molecular weight excluding hydrogens is 294 g/mol. The maximum Gasteiger partial charge on any atom is 0.268 e. The van der Waals surface area contributed by atoms with E-state index in [2.05, 4.69) is 20.4 Å². The third-order valence-electron chi connectivity index (χ3n) is 4.02. The predicted molar refractivity (Wildman–Crippen MR) is 85.4 cm³/mol. The van der Waals surface area contributed by atoms with Gasteiger partial charge < -0.3 is 5.73 Å². The molecule has 0 radical (unpaired) electrons. The molecule has 1 aliphatic carbocycles. The first-order valence-electron chi connectivity index (χ1n) is 7.30. The number of rotatable bonds is 3. The van der Waals surface area contributed by atoms with Crippen LogP contribution in [0.4, 0.5) is 5.69 Å². The number of fused-ring (bicyclic) bond motifs is 1. The average molecular weight is 309 g/mol. The van der Waals surface area contributed by atoms with E-state index in [1.165, 1.54) is 11.1 Å². The third-order valence-corrected chi connectivity index (χ3v) is 4.02. The van der Waals surface area contributed by atoms with Crippen molar-refractivity contribution in [3.63, 3.8) is 0 Å². The molecule has 1 aliphatic rings. The van der Waals surface area contributed by atoms with E-state index in [0.717, 1.165) is 23.9 Å². The van der Waals surface area contributed by atoms with Gasteiger partial charge in [0.15, 0.2) is 5.96 Å². The van der Waals surface area contributed by atoms with Crippen LogP contribution >= 0.6 is 0 Å². The number of carbonyl (C=O) groups is 1. The minimum Gasteiger partial charge on any atom is -0.369 e. The SMILES string of the molecule is N=C(N)N(C(=O)c1cn[nH]c1C1CC1)c1cccc2cn[nH]c12. The van der Waals surface area contributed by atoms with Crippen molar-refractivity contribution in [2.75, 3.05) is 4.90 Å². The lowest BCUT2D eigenvalue weighted by atomic mass is 10.1. The second-order valence-corrected chi connectivity index (χ2v) is 5.61. The molecule has 8 heteroatoms. The molecule has 4 rings (SSSR count). The van der Waals surface area contributed by atoms with E-state index in [0.29, 0.717) is 22.7 Å². The molecule has 1 amide bonds. The van der Waals surface area contributed by atoms with Crippen LogP contribution in [-0.2, 0) is 0 Å². The summed E-state index contributed by atoms with van der Waals surface area (Å²) in [6.07, 6.45) is 5.24. The van der Waals surface area contributed by atoms with Gasteiger partial charge in [-0.2, -0.15) is 10.2 Å². The molecule has 1 fully saturated rings. The number of carbonyl (C=O) groups excluding carboxylic acids is 1. The van der Waals surface area contributed by atoms with Gasteiger partial charge in [0.05, 0.1) is 34.9 Å². The van der Waals surface area contributed by atoms with Gasteiger partial charge in [0.25, 0.3) is 5.91 Å². The Bertz CT molecular complexity index is 905. The Kier molecular flexibility index (Phi) is 2.90. The molecule has 0 saturated heterocycles. The van der Waals surface area contributed by atoms with Crippen LogP contribution in [0.15, 0.2) is 30.6 Å². The number of anilines is 1. The number of guanidine groups is 1. The molecule has 2 aromatic heterocycles. The topological polar surface area (TPSA) is 128 Å². The Morgan fingerprint density at radius 1 is 1.26 bits per heavy atom. The number of aromatic nitrogens is 4. The first kappa shape index (κ1) is 13.5. The minimum absolute atomic E-state index is 0.341. The highest BCUT2D eigenvalue weighted by molar-refractivity contribution is 6.23. The van der Waals surface area contributed by atoms with Crippen LogP contribution in [0.3, 0.4) is 0 Å². The zero-order valence-electron chi connectivity index (χ0n) is 12.2. The fourth-order valence-electron chi connectivity index (χ4n) is 2.76. The van der Waals surface area contributed by atoms with E-state index in [1.807, 2.05) is 6.07 Å². The van der Waals surface area contributed by atoms with Crippen LogP contribution in [0.5, 0.6) is 0 Å². The second kappa shape index (κ2) is 4.94. The number of benzene rings is 1. The van der Waals surface area contributed by atoms with Gasteiger partial charge in [0, 0.05) is 11.3 Å². The zero-order chi connectivity index (χ0) is 16.0. The average Bonchev–Trinajstić information content (AvgIpc) is 3.07. The standard InChI is InChI=1S/C15H15N7O/c16-15(17)22(11-3-1-2-9-6-18-21-13(9)11)14(23)10-7-19-20-12(10)8-4-5-8/h1-3,6-8H,4-5H2,(H3,16,17)(H,18,21)(H,19,20). The summed E-state index contributed by atoms with van der Waals surface area (Å²) in [6, 6.07) is 5.41. The lowest BCUT2D eigenvalue weighted by Gasteiger charge is -2.21. The molecular formula is C15H15N7O. The van der Waals surface area contributed by atoms with Gasteiger partial charge in [-0.15, -0.1) is 0 Å². The van der Waals surface area contributed by atoms with Crippen molar-refractivity contribution in [1.82, 2.24) is 20.4 Å². The van der Waals surface area contributed by atoms with Gasteiger partial charge in [0.2, 0.25) is 0 Å². The number of hydrogen-bond donors (Lipinski definition) is 4. The summed E-state index contributed by atoms with van der Waals surface area (Å²) in [6.45, 7) is 0. The van der Waals surface area contributed by atoms with Crippen molar-refractivity contribution in [2.45, 2.75) is 18.8 Å². The molecule has 8 nitrogen and oxygen atoms in total. The zero-order valence-corrected chi connectivity index (χ0v) is 12.2. The molecule has 0 bridgehead atoms. The summed E-state index contributed by atoms with van der Waals surface area (Å²) in [7, 11) is 0. The Morgan fingerprint density at radius 2 is 2.04 bits per heavy atom. The number of hydrogen-bond acceptors (Lipinski definition) is 4. The van der Waals surface area contributed by atoms with Gasteiger partial charge in [-0.05, 0) is 18.9 Å². The van der Waals surface area contributed by atoms with Crippen molar-refractivity contribution in [1.29, 1.82) is 5.41 Å². The van der Waals surface area contributed by atoms with Crippen molar-refractivity contribution in [2.24, 2.45) is 5.73 Å². The van der Waals surface area contributed by atoms with Gasteiger partial charge in [0.1, 0.15) is 0 Å². The van der Waals surface area contributed by atoms with Crippen LogP contribution in [0.2, 0.25) is 0 Å². The Morgan fingerprint density at radius 3 is 2.78 bits per heavy atom. The van der Waals surface area contributed by atoms with Crippen LogP contribution in [-0.4, -0.2) is 32.3 Å². The molecule has 116 valence electrons. The van der Waals surface area contributed by atoms with Crippen molar-refractivity contribution in [3.8, 4) is 0 Å². The summed E-state index contributed by atoms with van der Waals surface area (Å²) in [5, 5.41) is 22.4. The predicted octanol–water partition coefficient (Wildman–Crippen LogP) is 1.70. The Hall–Kier alpha value is -3.16. The van der Waals surface area contributed by atoms with E-state index < -0.39 is 0 Å². The number of amides is 1. The largest absolute Gasteiger partial charge is 0.369 e. The van der Waals surface area contributed by atoms with Crippen LogP contribution in [0, 0.1) is 5.41 Å². The highest BCUT2D eigenvalue weighted by Gasteiger charge is 2.33. The molecule has 2 heterocycles. The quantitative estimate of drug-likeness (QED) is 0.433. The third kappa shape index (κ3) is 2.15. The van der Waals surface area contributed by atoms with Gasteiger partial charge >= 0.3 is 0 Å². The summed E-state index contributed by atoms with van der Waals surface area (Å²) >= 11 is 0. The summed E-state index contributed by atoms with van der Waals surface area (Å²) in [5.41, 5.74) is 8.14. The number of nitrogens with two attached hydrogens (primary N) is 1. The van der Waals surface area contributed by atoms with Crippen LogP contribution in [0.1, 0.15) is 34.8 Å². The smallest absolute Gasteiger partial charge is 0.268 e. The maximum atomic E-state index is 13.0. The van der Waals surface area contributed by atoms with Crippen molar-refractivity contribution >= 4 is 28.5 Å². The fraction of sp³-hybridized carbons (Fsp3) is 0.200. The number of nitrogens with one attached hydrogen (secondary N) is 3. The first-order valence-corrected chi connectivity index (χ1v) is 7.30. The van der Waals surface area contributed by atoms with E-state index in [9.17, 15) is 4.79 Å². The maximum absolute atomic E-state index is 13.0. The number of aromatic amines is 2. The first-order chi connectivity index (χ1) is 11.2. The van der Waals surface area contributed by atoms with Crippen molar-refractivity contribution < 1.29 is 4.79 Å². The monoisotopic (exact) mass is 309 g/mol. The molecule has 0 atom stereocenters. The molecule has 0 spiro atoms. The van der Waals surface area contributed by atoms with Gasteiger partial charge in [-0.25, -0.2) is 4.90 Å². The lowest BCUT2D eigenvalue weighted by Crippen LogP contribution is -2.41. The second-order valence-electron chi connectivity index (χ2n) is 5.61. The Balaban J connectivity index is 1.82. The number of para-hydroxylation sites is 1. The molecule has 0 aliphatic heterocycles. The van der Waals surface area contributed by atoms with Crippen LogP contribution in [0.25, 0.3) is 10.9 Å². The van der Waals surface area contributed by atoms with E-state index in [-0.39, 0.29) is 11.9 Å². The number of H-pyrrole nitrogens is 2. The Labute approximate surface area is 131 Å². The van der Waals surface area contributed by atoms with Gasteiger partial charge in [-0.3, -0.25) is 20.4 Å². The number of nitrogens with zero attached hydrogens (tertiary/aromatic N) is 3. The molecule has 23 heavy (non-hydrogen) atoms. The summed E-state index contributed by atoms with van der Waals surface area (Å²) in [4.78, 5) is 14.2.